The zero-order valence-electron chi connectivity index (χ0n) is 10.6. The van der Waals surface area contributed by atoms with Crippen LogP contribution in [0.15, 0.2) is 4.42 Å². The molecule has 5 heteroatoms. The van der Waals surface area contributed by atoms with Crippen molar-refractivity contribution in [3.05, 3.63) is 11.8 Å². The molecule has 0 spiro atoms. The lowest BCUT2D eigenvalue weighted by molar-refractivity contribution is 0.105. The van der Waals surface area contributed by atoms with Crippen LogP contribution >= 0.6 is 0 Å². The highest BCUT2D eigenvalue weighted by Gasteiger charge is 2.19. The Balaban J connectivity index is 1.75. The number of rotatable bonds is 6. The van der Waals surface area contributed by atoms with Gasteiger partial charge >= 0.3 is 0 Å². The minimum atomic E-state index is 0.275. The fraction of sp³-hybridized carbons (Fsp3) is 0.833. The predicted octanol–water partition coefficient (Wildman–Crippen LogP) is 1.33. The Bertz CT molecular complexity index is 332. The van der Waals surface area contributed by atoms with Crippen LogP contribution < -0.4 is 5.32 Å². The van der Waals surface area contributed by atoms with Gasteiger partial charge in [-0.05, 0) is 12.8 Å². The molecular weight excluding hydrogens is 218 g/mol. The summed E-state index contributed by atoms with van der Waals surface area (Å²) in [4.78, 5) is 0. The molecule has 0 radical (unpaired) electrons. The molecule has 1 unspecified atom stereocenters. The maximum absolute atomic E-state index is 5.59. The van der Waals surface area contributed by atoms with Crippen molar-refractivity contribution in [3.63, 3.8) is 0 Å². The molecule has 2 heterocycles. The largest absolute Gasteiger partial charge is 0.425 e. The van der Waals surface area contributed by atoms with Crippen LogP contribution in [-0.4, -0.2) is 35.5 Å². The molecule has 1 aromatic heterocycles. The van der Waals surface area contributed by atoms with E-state index in [-0.39, 0.29) is 6.10 Å². The highest BCUT2D eigenvalue weighted by molar-refractivity contribution is 4.86. The Morgan fingerprint density at radius 1 is 1.35 bits per heavy atom. The summed E-state index contributed by atoms with van der Waals surface area (Å²) in [5, 5.41) is 11.4. The lowest BCUT2D eigenvalue weighted by atomic mass is 10.2. The third-order valence-electron chi connectivity index (χ3n) is 2.83. The zero-order valence-corrected chi connectivity index (χ0v) is 10.6. The van der Waals surface area contributed by atoms with Crippen molar-refractivity contribution >= 4 is 0 Å². The smallest absolute Gasteiger partial charge is 0.219 e. The van der Waals surface area contributed by atoms with Crippen LogP contribution in [-0.2, 0) is 17.6 Å². The van der Waals surface area contributed by atoms with E-state index in [1.165, 1.54) is 0 Å². The Hall–Kier alpha value is -0.940. The maximum atomic E-state index is 5.59. The lowest BCUT2D eigenvalue weighted by Gasteiger charge is -2.05. The molecule has 1 saturated heterocycles. The van der Waals surface area contributed by atoms with E-state index in [9.17, 15) is 0 Å². The van der Waals surface area contributed by atoms with Gasteiger partial charge in [0.15, 0.2) is 0 Å². The van der Waals surface area contributed by atoms with E-state index in [2.05, 4.69) is 29.4 Å². The summed E-state index contributed by atoms with van der Waals surface area (Å²) in [6.07, 6.45) is 4.06. The molecule has 1 fully saturated rings. The van der Waals surface area contributed by atoms with Crippen LogP contribution in [0.2, 0.25) is 0 Å². The van der Waals surface area contributed by atoms with Crippen molar-refractivity contribution in [1.82, 2.24) is 15.5 Å². The van der Waals surface area contributed by atoms with Gasteiger partial charge in [-0.2, -0.15) is 0 Å². The topological polar surface area (TPSA) is 60.2 Å². The molecule has 0 saturated carbocycles. The maximum Gasteiger partial charge on any atom is 0.219 e. The van der Waals surface area contributed by atoms with Gasteiger partial charge in [-0.25, -0.2) is 0 Å². The van der Waals surface area contributed by atoms with E-state index in [0.717, 1.165) is 38.8 Å². The number of hydrogen-bond acceptors (Lipinski definition) is 5. The highest BCUT2D eigenvalue weighted by atomic mass is 16.5. The van der Waals surface area contributed by atoms with Crippen LogP contribution in [0.4, 0.5) is 0 Å². The molecule has 0 aromatic carbocycles. The molecule has 0 amide bonds. The summed E-state index contributed by atoms with van der Waals surface area (Å²) in [6.45, 7) is 5.98. The quantitative estimate of drug-likeness (QED) is 0.811. The predicted molar refractivity (Wildman–Crippen MR) is 63.8 cm³/mol. The summed E-state index contributed by atoms with van der Waals surface area (Å²) in [5.41, 5.74) is 0. The summed E-state index contributed by atoms with van der Waals surface area (Å²) in [7, 11) is 0. The van der Waals surface area contributed by atoms with Crippen molar-refractivity contribution in [1.29, 1.82) is 0 Å². The van der Waals surface area contributed by atoms with E-state index in [0.29, 0.717) is 17.8 Å². The standard InChI is InChI=1S/C12H21N3O2/c1-9(2)13-6-5-11-14-15-12(17-11)8-10-4-3-7-16-10/h9-10,13H,3-8H2,1-2H3. The number of ether oxygens (including phenoxy) is 1. The lowest BCUT2D eigenvalue weighted by Crippen LogP contribution is -2.25. The molecular formula is C12H21N3O2. The molecule has 5 nitrogen and oxygen atoms in total. The van der Waals surface area contributed by atoms with E-state index < -0.39 is 0 Å². The molecule has 1 aliphatic heterocycles. The number of nitrogens with one attached hydrogen (secondary N) is 1. The first-order valence-corrected chi connectivity index (χ1v) is 6.40. The van der Waals surface area contributed by atoms with Gasteiger partial charge in [0.2, 0.25) is 11.8 Å². The van der Waals surface area contributed by atoms with E-state index in [1.807, 2.05) is 0 Å². The molecule has 1 N–H and O–H groups in total. The van der Waals surface area contributed by atoms with Gasteiger partial charge in [0.1, 0.15) is 0 Å². The van der Waals surface area contributed by atoms with Crippen molar-refractivity contribution < 1.29 is 9.15 Å². The zero-order chi connectivity index (χ0) is 12.1. The van der Waals surface area contributed by atoms with Crippen molar-refractivity contribution in [2.45, 2.75) is 51.7 Å². The van der Waals surface area contributed by atoms with Gasteiger partial charge in [-0.15, -0.1) is 10.2 Å². The first-order valence-electron chi connectivity index (χ1n) is 6.40. The van der Waals surface area contributed by atoms with Crippen LogP contribution in [0.5, 0.6) is 0 Å². The average molecular weight is 239 g/mol. The summed E-state index contributed by atoms with van der Waals surface area (Å²) >= 11 is 0. The fourth-order valence-electron chi connectivity index (χ4n) is 1.94. The van der Waals surface area contributed by atoms with Crippen LogP contribution in [0.3, 0.4) is 0 Å². The van der Waals surface area contributed by atoms with Crippen molar-refractivity contribution in [3.8, 4) is 0 Å². The Morgan fingerprint density at radius 3 is 2.88 bits per heavy atom. The van der Waals surface area contributed by atoms with Gasteiger partial charge in [-0.1, -0.05) is 13.8 Å². The first kappa shape index (κ1) is 12.5. The summed E-state index contributed by atoms with van der Waals surface area (Å²) in [5.74, 6) is 1.42. The second-order valence-corrected chi connectivity index (χ2v) is 4.79. The van der Waals surface area contributed by atoms with Gasteiger partial charge in [0, 0.05) is 25.6 Å². The molecule has 2 rings (SSSR count). The molecule has 1 aromatic rings. The minimum absolute atomic E-state index is 0.275. The summed E-state index contributed by atoms with van der Waals surface area (Å²) < 4.78 is 11.1. The minimum Gasteiger partial charge on any atom is -0.425 e. The highest BCUT2D eigenvalue weighted by Crippen LogP contribution is 2.16. The van der Waals surface area contributed by atoms with Gasteiger partial charge in [0.05, 0.1) is 12.5 Å². The third-order valence-corrected chi connectivity index (χ3v) is 2.83. The van der Waals surface area contributed by atoms with Crippen LogP contribution in [0.25, 0.3) is 0 Å². The Kier molecular flexibility index (Phi) is 4.50. The molecule has 0 aliphatic carbocycles. The normalized spacial score (nSPS) is 20.3. The first-order chi connectivity index (χ1) is 8.24. The van der Waals surface area contributed by atoms with E-state index in [4.69, 9.17) is 9.15 Å². The summed E-state index contributed by atoms with van der Waals surface area (Å²) in [6, 6.07) is 0.490. The average Bonchev–Trinajstić information content (AvgIpc) is 2.90. The number of nitrogens with zero attached hydrogens (tertiary/aromatic N) is 2. The molecule has 17 heavy (non-hydrogen) atoms. The molecule has 1 aliphatic rings. The Morgan fingerprint density at radius 2 is 2.18 bits per heavy atom. The number of aromatic nitrogens is 2. The van der Waals surface area contributed by atoms with Crippen molar-refractivity contribution in [2.75, 3.05) is 13.2 Å². The van der Waals surface area contributed by atoms with Crippen LogP contribution in [0, 0.1) is 0 Å². The van der Waals surface area contributed by atoms with E-state index >= 15 is 0 Å². The molecule has 96 valence electrons. The number of hydrogen-bond donors (Lipinski definition) is 1. The third kappa shape index (κ3) is 4.09. The van der Waals surface area contributed by atoms with Crippen LogP contribution in [0.1, 0.15) is 38.5 Å². The molecule has 1 atom stereocenters. The monoisotopic (exact) mass is 239 g/mol. The van der Waals surface area contributed by atoms with Gasteiger partial charge in [-0.3, -0.25) is 0 Å². The Labute approximate surface area is 102 Å². The fourth-order valence-corrected chi connectivity index (χ4v) is 1.94. The van der Waals surface area contributed by atoms with Gasteiger partial charge in [0.25, 0.3) is 0 Å². The SMILES string of the molecule is CC(C)NCCc1nnc(CC2CCCO2)o1. The van der Waals surface area contributed by atoms with E-state index in [1.54, 1.807) is 0 Å². The second kappa shape index (κ2) is 6.12. The molecule has 0 bridgehead atoms. The van der Waals surface area contributed by atoms with Crippen molar-refractivity contribution in [2.24, 2.45) is 0 Å². The second-order valence-electron chi connectivity index (χ2n) is 4.79. The van der Waals surface area contributed by atoms with Gasteiger partial charge < -0.3 is 14.5 Å².